The molecule has 0 saturated heterocycles. The molecule has 0 heterocycles. The molecule has 1 nitrogen and oxygen atoms in total. The lowest BCUT2D eigenvalue weighted by atomic mass is 9.85. The van der Waals surface area contributed by atoms with Gasteiger partial charge in [-0.3, -0.25) is 0 Å². The minimum Gasteiger partial charge on any atom is -0.508 e. The van der Waals surface area contributed by atoms with Gasteiger partial charge in [0.05, 0.1) is 0 Å². The highest BCUT2D eigenvalue weighted by molar-refractivity contribution is 5.25. The first-order valence-corrected chi connectivity index (χ1v) is 6.62. The van der Waals surface area contributed by atoms with Gasteiger partial charge in [-0.2, -0.15) is 0 Å². The van der Waals surface area contributed by atoms with Crippen LogP contribution < -0.4 is 0 Å². The van der Waals surface area contributed by atoms with Crippen LogP contribution in [0.2, 0.25) is 0 Å². The molecule has 1 aliphatic rings. The van der Waals surface area contributed by atoms with Gasteiger partial charge in [0.25, 0.3) is 0 Å². The van der Waals surface area contributed by atoms with Crippen LogP contribution in [0.25, 0.3) is 0 Å². The molecule has 0 aliphatic heterocycles. The molecule has 0 aromatic heterocycles. The van der Waals surface area contributed by atoms with E-state index in [1.165, 1.54) is 50.5 Å². The fourth-order valence-corrected chi connectivity index (χ4v) is 2.73. The van der Waals surface area contributed by atoms with Crippen molar-refractivity contribution in [3.63, 3.8) is 0 Å². The zero-order valence-electron chi connectivity index (χ0n) is 9.99. The summed E-state index contributed by atoms with van der Waals surface area (Å²) in [5, 5.41) is 9.19. The van der Waals surface area contributed by atoms with Crippen molar-refractivity contribution in [3.8, 4) is 5.75 Å². The zero-order valence-corrected chi connectivity index (χ0v) is 9.99. The summed E-state index contributed by atoms with van der Waals surface area (Å²) in [6.07, 6.45) is 11.1. The molecule has 1 N–H and O–H groups in total. The van der Waals surface area contributed by atoms with E-state index in [4.69, 9.17) is 0 Å². The molecule has 1 saturated carbocycles. The molecule has 1 aromatic rings. The Balaban J connectivity index is 1.69. The van der Waals surface area contributed by atoms with Crippen LogP contribution in [-0.2, 0) is 6.42 Å². The van der Waals surface area contributed by atoms with Gasteiger partial charge in [-0.25, -0.2) is 0 Å². The molecule has 1 heteroatoms. The second kappa shape index (κ2) is 5.93. The maximum absolute atomic E-state index is 9.19. The highest BCUT2D eigenvalue weighted by Gasteiger charge is 2.12. The van der Waals surface area contributed by atoms with E-state index in [9.17, 15) is 5.11 Å². The Kier molecular flexibility index (Phi) is 4.26. The van der Waals surface area contributed by atoms with E-state index in [0.29, 0.717) is 5.75 Å². The quantitative estimate of drug-likeness (QED) is 0.799. The first kappa shape index (κ1) is 11.5. The number of hydrogen-bond donors (Lipinski definition) is 1. The number of aromatic hydroxyl groups is 1. The largest absolute Gasteiger partial charge is 0.508 e. The molecule has 1 fully saturated rings. The third kappa shape index (κ3) is 3.55. The molecule has 16 heavy (non-hydrogen) atoms. The number of hydrogen-bond acceptors (Lipinski definition) is 1. The summed E-state index contributed by atoms with van der Waals surface area (Å²) in [4.78, 5) is 0. The minimum atomic E-state index is 0.371. The molecule has 0 spiro atoms. The van der Waals surface area contributed by atoms with Crippen LogP contribution >= 0.6 is 0 Å². The highest BCUT2D eigenvalue weighted by atomic mass is 16.3. The summed E-state index contributed by atoms with van der Waals surface area (Å²) in [6.45, 7) is 0. The maximum Gasteiger partial charge on any atom is 0.115 e. The number of phenolic OH excluding ortho intramolecular Hbond substituents is 1. The van der Waals surface area contributed by atoms with Crippen LogP contribution in [0.3, 0.4) is 0 Å². The molecule has 2 rings (SSSR count). The van der Waals surface area contributed by atoms with Gasteiger partial charge in [0, 0.05) is 0 Å². The second-order valence-corrected chi connectivity index (χ2v) is 5.06. The van der Waals surface area contributed by atoms with Crippen molar-refractivity contribution in [2.24, 2.45) is 5.92 Å². The summed E-state index contributed by atoms with van der Waals surface area (Å²) >= 11 is 0. The van der Waals surface area contributed by atoms with Crippen molar-refractivity contribution in [1.82, 2.24) is 0 Å². The Morgan fingerprint density at radius 2 is 1.69 bits per heavy atom. The van der Waals surface area contributed by atoms with Gasteiger partial charge in [0.15, 0.2) is 0 Å². The Bertz CT molecular complexity index is 296. The van der Waals surface area contributed by atoms with E-state index < -0.39 is 0 Å². The van der Waals surface area contributed by atoms with Crippen LogP contribution in [-0.4, -0.2) is 5.11 Å². The monoisotopic (exact) mass is 218 g/mol. The number of aryl methyl sites for hydroxylation is 1. The zero-order chi connectivity index (χ0) is 11.2. The van der Waals surface area contributed by atoms with Gasteiger partial charge in [0.1, 0.15) is 5.75 Å². The van der Waals surface area contributed by atoms with Gasteiger partial charge < -0.3 is 5.11 Å². The predicted octanol–water partition coefficient (Wildman–Crippen LogP) is 4.30. The maximum atomic E-state index is 9.19. The molecule has 1 aliphatic carbocycles. The second-order valence-electron chi connectivity index (χ2n) is 5.06. The van der Waals surface area contributed by atoms with Crippen molar-refractivity contribution in [3.05, 3.63) is 29.8 Å². The van der Waals surface area contributed by atoms with E-state index in [1.807, 2.05) is 12.1 Å². The molecule has 0 amide bonds. The summed E-state index contributed by atoms with van der Waals surface area (Å²) in [5.41, 5.74) is 1.36. The highest BCUT2D eigenvalue weighted by Crippen LogP contribution is 2.27. The standard InChI is InChI=1S/C15H22O/c16-15-11-9-14(10-12-15)8-4-7-13-5-2-1-3-6-13/h9-13,16H,1-8H2. The van der Waals surface area contributed by atoms with E-state index in [-0.39, 0.29) is 0 Å². The molecular weight excluding hydrogens is 196 g/mol. The molecule has 1 aromatic carbocycles. The molecule has 88 valence electrons. The van der Waals surface area contributed by atoms with E-state index in [1.54, 1.807) is 12.1 Å². The van der Waals surface area contributed by atoms with Crippen molar-refractivity contribution in [2.45, 2.75) is 51.4 Å². The fraction of sp³-hybridized carbons (Fsp3) is 0.600. The van der Waals surface area contributed by atoms with Crippen LogP contribution in [0.15, 0.2) is 24.3 Å². The lowest BCUT2D eigenvalue weighted by Gasteiger charge is -2.21. The van der Waals surface area contributed by atoms with Crippen LogP contribution in [0, 0.1) is 5.92 Å². The predicted molar refractivity (Wildman–Crippen MR) is 67.6 cm³/mol. The fourth-order valence-electron chi connectivity index (χ4n) is 2.73. The molecule has 0 atom stereocenters. The normalized spacial score (nSPS) is 17.5. The number of benzene rings is 1. The minimum absolute atomic E-state index is 0.371. The molecular formula is C15H22O. The van der Waals surface area contributed by atoms with Crippen molar-refractivity contribution in [2.75, 3.05) is 0 Å². The van der Waals surface area contributed by atoms with Crippen LogP contribution in [0.4, 0.5) is 0 Å². The smallest absolute Gasteiger partial charge is 0.115 e. The first-order chi connectivity index (χ1) is 7.84. The summed E-state index contributed by atoms with van der Waals surface area (Å²) in [6, 6.07) is 7.65. The average molecular weight is 218 g/mol. The Hall–Kier alpha value is -0.980. The topological polar surface area (TPSA) is 20.2 Å². The Morgan fingerprint density at radius 3 is 2.38 bits per heavy atom. The third-order valence-electron chi connectivity index (χ3n) is 3.74. The van der Waals surface area contributed by atoms with E-state index >= 15 is 0 Å². The van der Waals surface area contributed by atoms with Gasteiger partial charge in [-0.1, -0.05) is 50.7 Å². The Morgan fingerprint density at radius 1 is 1.00 bits per heavy atom. The van der Waals surface area contributed by atoms with Crippen molar-refractivity contribution < 1.29 is 5.11 Å². The van der Waals surface area contributed by atoms with Gasteiger partial charge in [-0.05, 0) is 36.5 Å². The lowest BCUT2D eigenvalue weighted by molar-refractivity contribution is 0.332. The molecule has 0 radical (unpaired) electrons. The lowest BCUT2D eigenvalue weighted by Crippen LogP contribution is -2.06. The van der Waals surface area contributed by atoms with Gasteiger partial charge >= 0.3 is 0 Å². The first-order valence-electron chi connectivity index (χ1n) is 6.62. The average Bonchev–Trinajstić information content (AvgIpc) is 2.33. The molecule has 0 unspecified atom stereocenters. The number of rotatable bonds is 4. The Labute approximate surface area is 98.5 Å². The van der Waals surface area contributed by atoms with Gasteiger partial charge in [-0.15, -0.1) is 0 Å². The van der Waals surface area contributed by atoms with Crippen molar-refractivity contribution >= 4 is 0 Å². The summed E-state index contributed by atoms with van der Waals surface area (Å²) in [7, 11) is 0. The van der Waals surface area contributed by atoms with Gasteiger partial charge in [0.2, 0.25) is 0 Å². The SMILES string of the molecule is Oc1ccc(CCCC2CCCCC2)cc1. The van der Waals surface area contributed by atoms with Crippen LogP contribution in [0.5, 0.6) is 5.75 Å². The van der Waals surface area contributed by atoms with Crippen LogP contribution in [0.1, 0.15) is 50.5 Å². The third-order valence-corrected chi connectivity index (χ3v) is 3.74. The summed E-state index contributed by atoms with van der Waals surface area (Å²) in [5.74, 6) is 1.36. The van der Waals surface area contributed by atoms with E-state index in [0.717, 1.165) is 12.3 Å². The number of phenols is 1. The van der Waals surface area contributed by atoms with E-state index in [2.05, 4.69) is 0 Å². The summed E-state index contributed by atoms with van der Waals surface area (Å²) < 4.78 is 0. The van der Waals surface area contributed by atoms with Crippen molar-refractivity contribution in [1.29, 1.82) is 0 Å². The molecule has 0 bridgehead atoms.